The molecule has 1 heterocycles. The fourth-order valence-electron chi connectivity index (χ4n) is 2.38. The number of nitrogens with zero attached hydrogens (tertiary/aromatic N) is 1. The third-order valence-electron chi connectivity index (χ3n) is 4.85. The van der Waals surface area contributed by atoms with Gasteiger partial charge in [-0.1, -0.05) is 26.3 Å². The van der Waals surface area contributed by atoms with Crippen LogP contribution in [0.15, 0.2) is 75.1 Å². The zero-order valence-corrected chi connectivity index (χ0v) is 24.7. The smallest absolute Gasteiger partial charge is 0.313 e. The first kappa shape index (κ1) is 41.7. The van der Waals surface area contributed by atoms with Crippen molar-refractivity contribution in [2.45, 2.75) is 18.4 Å². The van der Waals surface area contributed by atoms with Crippen molar-refractivity contribution in [3.8, 4) is 5.75 Å². The highest BCUT2D eigenvalue weighted by molar-refractivity contribution is 5.89. The van der Waals surface area contributed by atoms with Crippen molar-refractivity contribution in [1.82, 2.24) is 26.6 Å². The molecule has 0 aliphatic rings. The molecule has 0 aromatic carbocycles. The molecule has 0 bridgehead atoms. The molecule has 0 atom stereocenters. The highest BCUT2D eigenvalue weighted by Gasteiger charge is 2.28. The van der Waals surface area contributed by atoms with Crippen molar-refractivity contribution >= 4 is 35.5 Å². The summed E-state index contributed by atoms with van der Waals surface area (Å²) in [7, 11) is 0. The monoisotopic (exact) mass is 636 g/mol. The van der Waals surface area contributed by atoms with Crippen molar-refractivity contribution in [3.63, 3.8) is 0 Å². The van der Waals surface area contributed by atoms with E-state index in [1.807, 2.05) is 0 Å². The number of ether oxygens (including phenoxy) is 1. The van der Waals surface area contributed by atoms with Gasteiger partial charge in [0.15, 0.2) is 11.9 Å². The molecular formula is C28H40N6O11. The number of nitrogens with one attached hydrogen (secondary N) is 5. The Labute approximate surface area is 259 Å². The highest BCUT2D eigenvalue weighted by Crippen LogP contribution is 2.06. The van der Waals surface area contributed by atoms with Gasteiger partial charge in [-0.05, 0) is 30.4 Å². The highest BCUT2D eigenvalue weighted by atomic mass is 16.5. The number of aliphatic hydroxyl groups is 3. The van der Waals surface area contributed by atoms with Crippen molar-refractivity contribution in [2.24, 2.45) is 0 Å². The molecule has 1 aromatic heterocycles. The molecule has 45 heavy (non-hydrogen) atoms. The van der Waals surface area contributed by atoms with E-state index < -0.39 is 37.2 Å². The van der Waals surface area contributed by atoms with Gasteiger partial charge in [0.1, 0.15) is 5.54 Å². The first-order valence-corrected chi connectivity index (χ1v) is 13.0. The second kappa shape index (κ2) is 25.1. The summed E-state index contributed by atoms with van der Waals surface area (Å²) in [6, 6.07) is 2.93. The third-order valence-corrected chi connectivity index (χ3v) is 4.85. The first-order valence-electron chi connectivity index (χ1n) is 13.0. The minimum absolute atomic E-state index is 0.0293. The lowest BCUT2D eigenvalue weighted by Gasteiger charge is -2.27. The maximum absolute atomic E-state index is 11.5. The van der Waals surface area contributed by atoms with Crippen molar-refractivity contribution < 1.29 is 53.6 Å². The molecule has 248 valence electrons. The minimum atomic E-state index is -1.36. The molecule has 1 rings (SSSR count). The summed E-state index contributed by atoms with van der Waals surface area (Å²) in [4.78, 5) is 65.4. The molecule has 17 heteroatoms. The molecule has 1 aromatic rings. The fraction of sp³-hybridized carbons (Fsp3) is 0.321. The van der Waals surface area contributed by atoms with Crippen LogP contribution in [0.25, 0.3) is 0 Å². The largest absolute Gasteiger partial charge is 0.619 e. The van der Waals surface area contributed by atoms with Gasteiger partial charge in [-0.2, -0.15) is 4.73 Å². The third kappa shape index (κ3) is 21.9. The maximum Gasteiger partial charge on any atom is 0.313 e. The molecule has 0 unspecified atom stereocenters. The first-order chi connectivity index (χ1) is 21.3. The van der Waals surface area contributed by atoms with E-state index in [2.05, 4.69) is 52.9 Å². The van der Waals surface area contributed by atoms with Crippen LogP contribution in [0.2, 0.25) is 0 Å². The van der Waals surface area contributed by atoms with Gasteiger partial charge in [-0.25, -0.2) is 0 Å². The number of amides is 5. The number of carbonyl (C=O) groups is 6. The van der Waals surface area contributed by atoms with E-state index in [0.29, 0.717) is 4.73 Å². The number of pyridine rings is 1. The second-order valence-corrected chi connectivity index (χ2v) is 8.33. The summed E-state index contributed by atoms with van der Waals surface area (Å²) < 4.78 is 5.44. The van der Waals surface area contributed by atoms with Crippen LogP contribution < -0.4 is 36.1 Å². The van der Waals surface area contributed by atoms with Crippen LogP contribution in [0.3, 0.4) is 0 Å². The zero-order valence-electron chi connectivity index (χ0n) is 24.7. The second-order valence-electron chi connectivity index (χ2n) is 8.33. The molecule has 0 aliphatic heterocycles. The topological polar surface area (TPSA) is 259 Å². The molecule has 0 aliphatic carbocycles. The number of aromatic nitrogens is 1. The molecule has 0 saturated carbocycles. The molecule has 8 N–H and O–H groups in total. The van der Waals surface area contributed by atoms with Gasteiger partial charge < -0.3 is 51.8 Å². The number of hydrogen-bond donors (Lipinski definition) is 8. The predicted molar refractivity (Wildman–Crippen MR) is 160 cm³/mol. The molecule has 5 amide bonds. The standard InChI is InChI=1S/C14H17N3O5.C7H10N2O2.C7H13NO4/c1-2-12(18)15-7-5-13(19)16-8-6-14(20)22-11-4-3-9-17(21)10-11;1-3-6(10)8-5-9-7(11)4-2;1-2-6(12)8-7(3-9,4-10)5-11/h2-4,9-10H,1,5-8H2,(H,15,18)(H,16,19);3-4H,1-2,5H2,(H,8,10)(H,9,11);2,9-11H,1,3-5H2,(H,8,12). The average molecular weight is 637 g/mol. The van der Waals surface area contributed by atoms with E-state index in [9.17, 15) is 34.0 Å². The van der Waals surface area contributed by atoms with Gasteiger partial charge in [0.05, 0.1) is 32.9 Å². The predicted octanol–water partition coefficient (Wildman–Crippen LogP) is -3.02. The van der Waals surface area contributed by atoms with Crippen LogP contribution >= 0.6 is 0 Å². The average Bonchev–Trinajstić information content (AvgIpc) is 3.03. The number of carbonyl (C=O) groups excluding carboxylic acids is 6. The van der Waals surface area contributed by atoms with Gasteiger partial charge >= 0.3 is 5.97 Å². The lowest BCUT2D eigenvalue weighted by Crippen LogP contribution is -2.56. The van der Waals surface area contributed by atoms with Crippen LogP contribution in [-0.2, 0) is 28.8 Å². The summed E-state index contributed by atoms with van der Waals surface area (Å²) in [5.74, 6) is -2.27. The van der Waals surface area contributed by atoms with Crippen LogP contribution in [-0.4, -0.2) is 95.9 Å². The van der Waals surface area contributed by atoms with Crippen molar-refractivity contribution in [1.29, 1.82) is 0 Å². The fourth-order valence-corrected chi connectivity index (χ4v) is 2.38. The lowest BCUT2D eigenvalue weighted by molar-refractivity contribution is -0.605. The van der Waals surface area contributed by atoms with E-state index >= 15 is 0 Å². The molecule has 0 saturated heterocycles. The Morgan fingerprint density at radius 3 is 1.73 bits per heavy atom. The van der Waals surface area contributed by atoms with Crippen molar-refractivity contribution in [3.05, 3.63) is 80.4 Å². The summed E-state index contributed by atoms with van der Waals surface area (Å²) >= 11 is 0. The summed E-state index contributed by atoms with van der Waals surface area (Å²) in [6.45, 7) is 11.7. The van der Waals surface area contributed by atoms with Crippen LogP contribution in [0.4, 0.5) is 0 Å². The Balaban J connectivity index is 0. The Bertz CT molecular complexity index is 1140. The normalized spacial score (nSPS) is 9.58. The number of aliphatic hydroxyl groups excluding tert-OH is 3. The number of rotatable bonds is 17. The number of esters is 1. The maximum atomic E-state index is 11.5. The zero-order chi connectivity index (χ0) is 34.7. The van der Waals surface area contributed by atoms with E-state index in [4.69, 9.17) is 20.1 Å². The molecule has 17 nitrogen and oxygen atoms in total. The van der Waals surface area contributed by atoms with Gasteiger partial charge in [0.25, 0.3) is 0 Å². The van der Waals surface area contributed by atoms with Gasteiger partial charge in [0, 0.05) is 25.6 Å². The van der Waals surface area contributed by atoms with Gasteiger partial charge in [-0.15, -0.1) is 0 Å². The van der Waals surface area contributed by atoms with Gasteiger partial charge in [-0.3, -0.25) is 28.8 Å². The lowest BCUT2D eigenvalue weighted by atomic mass is 10.0. The molecule has 0 radical (unpaired) electrons. The van der Waals surface area contributed by atoms with E-state index in [0.717, 1.165) is 30.5 Å². The molecule has 0 fully saturated rings. The summed E-state index contributed by atoms with van der Waals surface area (Å²) in [5, 5.41) is 49.2. The van der Waals surface area contributed by atoms with Crippen molar-refractivity contribution in [2.75, 3.05) is 39.6 Å². The Morgan fingerprint density at radius 1 is 0.778 bits per heavy atom. The number of hydrogen-bond acceptors (Lipinski definition) is 11. The van der Waals surface area contributed by atoms with E-state index in [-0.39, 0.29) is 62.0 Å². The van der Waals surface area contributed by atoms with E-state index in [1.165, 1.54) is 18.3 Å². The van der Waals surface area contributed by atoms with Crippen LogP contribution in [0.5, 0.6) is 5.75 Å². The SMILES string of the molecule is C=CC(=O)NC(CO)(CO)CO.C=CC(=O)NCCC(=O)NCCC(=O)Oc1ccc[n+]([O-])c1.C=CC(=O)NCNC(=O)C=C. The minimum Gasteiger partial charge on any atom is -0.619 e. The summed E-state index contributed by atoms with van der Waals surface area (Å²) in [5.41, 5.74) is -1.36. The summed E-state index contributed by atoms with van der Waals surface area (Å²) in [6.07, 6.45) is 6.82. The molecule has 0 spiro atoms. The Hall–Kier alpha value is -5.39. The van der Waals surface area contributed by atoms with Gasteiger partial charge in [0.2, 0.25) is 35.7 Å². The quantitative estimate of drug-likeness (QED) is 0.0280. The van der Waals surface area contributed by atoms with Crippen LogP contribution in [0.1, 0.15) is 12.8 Å². The van der Waals surface area contributed by atoms with E-state index in [1.54, 1.807) is 0 Å². The Kier molecular flexibility index (Phi) is 23.3. The molecular weight excluding hydrogens is 596 g/mol. The Morgan fingerprint density at radius 2 is 1.27 bits per heavy atom. The van der Waals surface area contributed by atoms with Crippen LogP contribution in [0, 0.1) is 5.21 Å².